The first-order valence-electron chi connectivity index (χ1n) is 4.01. The Hall–Kier alpha value is -0.580. The number of hydrogen-bond donors (Lipinski definition) is 2. The predicted molar refractivity (Wildman–Crippen MR) is 49.8 cm³/mol. The van der Waals surface area contributed by atoms with Gasteiger partial charge in [0.15, 0.2) is 0 Å². The fourth-order valence-corrected chi connectivity index (χ4v) is 3.11. The Kier molecular flexibility index (Phi) is 2.53. The van der Waals surface area contributed by atoms with Gasteiger partial charge in [-0.15, -0.1) is 0 Å². The van der Waals surface area contributed by atoms with Gasteiger partial charge in [-0.25, -0.2) is 0 Å². The molecule has 0 saturated carbocycles. The second kappa shape index (κ2) is 3.65. The van der Waals surface area contributed by atoms with Crippen LogP contribution in [0.3, 0.4) is 0 Å². The van der Waals surface area contributed by atoms with Crippen molar-refractivity contribution >= 4 is 14.4 Å². The van der Waals surface area contributed by atoms with E-state index in [2.05, 4.69) is 4.98 Å². The van der Waals surface area contributed by atoms with Crippen molar-refractivity contribution in [2.45, 2.75) is 0 Å². The zero-order valence-electron chi connectivity index (χ0n) is 7.07. The van der Waals surface area contributed by atoms with Crippen LogP contribution in [0.25, 0.3) is 10.9 Å². The third-order valence-corrected chi connectivity index (χ3v) is 5.02. The van der Waals surface area contributed by atoms with E-state index in [4.69, 9.17) is 7.44 Å². The van der Waals surface area contributed by atoms with Crippen molar-refractivity contribution < 1.29 is 22.0 Å². The first kappa shape index (κ1) is 8.99. The van der Waals surface area contributed by atoms with Crippen molar-refractivity contribution in [1.29, 1.82) is 0 Å². The van der Waals surface area contributed by atoms with Crippen LogP contribution in [0, 0.1) is 0 Å². The van der Waals surface area contributed by atoms with Gasteiger partial charge in [0.05, 0.1) is 0 Å². The molecule has 0 saturated heterocycles. The van der Waals surface area contributed by atoms with Crippen LogP contribution in [0.2, 0.25) is 0 Å². The van der Waals surface area contributed by atoms with Gasteiger partial charge in [0.25, 0.3) is 0 Å². The molecule has 0 radical (unpaired) electrons. The Labute approximate surface area is 85.1 Å². The third-order valence-electron chi connectivity index (χ3n) is 1.89. The summed E-state index contributed by atoms with van der Waals surface area (Å²) in [5.41, 5.74) is 0.985. The van der Waals surface area contributed by atoms with Crippen LogP contribution in [0.4, 0.5) is 0 Å². The zero-order valence-corrected chi connectivity index (χ0v) is 10.7. The molecule has 1 heterocycles. The summed E-state index contributed by atoms with van der Waals surface area (Å²) in [4.78, 5) is 4.42. The maximum atomic E-state index is 5.73. The Morgan fingerprint density at radius 2 is 1.77 bits per heavy atom. The molecule has 0 aliphatic carbocycles. The molecule has 13 heavy (non-hydrogen) atoms. The second-order valence-corrected chi connectivity index (χ2v) is 7.96. The normalized spacial score (nSPS) is 10.3. The van der Waals surface area contributed by atoms with Crippen molar-refractivity contribution in [3.8, 4) is 0 Å². The first-order chi connectivity index (χ1) is 6.27. The minimum atomic E-state index is -2.42. The number of para-hydroxylation sites is 1. The van der Waals surface area contributed by atoms with Crippen LogP contribution < -0.4 is 10.9 Å². The number of nitrogens with zero attached hydrogens (tertiary/aromatic N) is 1. The van der Waals surface area contributed by atoms with Crippen molar-refractivity contribution in [1.82, 2.24) is 4.98 Å². The Morgan fingerprint density at radius 1 is 1.00 bits per heavy atom. The molecule has 0 atom stereocenters. The number of hydrogen-bond acceptors (Lipinski definition) is 3. The average molecular weight is 339 g/mol. The topological polar surface area (TPSA) is 64.9 Å². The van der Waals surface area contributed by atoms with E-state index in [1.165, 1.54) is 0 Å². The van der Waals surface area contributed by atoms with Gasteiger partial charge < -0.3 is 0 Å². The van der Waals surface area contributed by atoms with E-state index in [0.717, 1.165) is 14.4 Å². The Balaban J connectivity index is 2.62. The van der Waals surface area contributed by atoms with Crippen LogP contribution in [0.15, 0.2) is 36.4 Å². The summed E-state index contributed by atoms with van der Waals surface area (Å²) in [7, 11) is 0. The standard InChI is InChI=1S/C9H6N.Hf.2H2N/c1-2-6-9-8(4-1)5-3-7-10-9;;;/h1-6H;;2*1H2/q;+2;2*-1. The molecule has 0 unspecified atom stereocenters. The molecule has 0 amide bonds. The van der Waals surface area contributed by atoms with Crippen molar-refractivity contribution in [3.63, 3.8) is 0 Å². The number of benzene rings is 1. The van der Waals surface area contributed by atoms with Crippen LogP contribution in [-0.2, 0) is 22.0 Å². The van der Waals surface area contributed by atoms with Gasteiger partial charge in [-0.2, -0.15) is 0 Å². The molecule has 65 valence electrons. The molecular formula is C9H10HfN3. The second-order valence-electron chi connectivity index (χ2n) is 2.84. The number of pyridine rings is 1. The van der Waals surface area contributed by atoms with Gasteiger partial charge in [-0.3, -0.25) is 0 Å². The number of nitrogens with two attached hydrogens (primary N) is 2. The fourth-order valence-electron chi connectivity index (χ4n) is 1.23. The molecular weight excluding hydrogens is 329 g/mol. The van der Waals surface area contributed by atoms with E-state index in [9.17, 15) is 0 Å². The number of fused-ring (bicyclic) bond motifs is 1. The number of aromatic nitrogens is 1. The molecule has 2 rings (SSSR count). The molecule has 4 heteroatoms. The van der Waals surface area contributed by atoms with Gasteiger partial charge >= 0.3 is 85.2 Å². The molecule has 0 spiro atoms. The predicted octanol–water partition coefficient (Wildman–Crippen LogP) is 0.226. The van der Waals surface area contributed by atoms with Gasteiger partial charge in [0, 0.05) is 0 Å². The molecule has 0 bridgehead atoms. The Bertz CT molecular complexity index is 428. The third kappa shape index (κ3) is 1.85. The van der Waals surface area contributed by atoms with E-state index in [1.807, 2.05) is 36.4 Å². The number of rotatable bonds is 1. The van der Waals surface area contributed by atoms with E-state index in [0.29, 0.717) is 0 Å². The molecule has 2 aromatic rings. The van der Waals surface area contributed by atoms with Crippen molar-refractivity contribution in [3.05, 3.63) is 36.4 Å². The van der Waals surface area contributed by atoms with Crippen molar-refractivity contribution in [2.24, 2.45) is 7.44 Å². The molecule has 0 aliphatic heterocycles. The van der Waals surface area contributed by atoms with E-state index in [-0.39, 0.29) is 0 Å². The minimum absolute atomic E-state index is 0.934. The fraction of sp³-hybridized carbons (Fsp3) is 0. The summed E-state index contributed by atoms with van der Waals surface area (Å²) >= 11 is -2.42. The average Bonchev–Trinajstić information content (AvgIpc) is 2.17. The van der Waals surface area contributed by atoms with Gasteiger partial charge in [-0.1, -0.05) is 0 Å². The quantitative estimate of drug-likeness (QED) is 0.732. The van der Waals surface area contributed by atoms with Crippen LogP contribution in [-0.4, -0.2) is 4.98 Å². The van der Waals surface area contributed by atoms with E-state index >= 15 is 0 Å². The van der Waals surface area contributed by atoms with Gasteiger partial charge in [0.2, 0.25) is 0 Å². The summed E-state index contributed by atoms with van der Waals surface area (Å²) in [6.07, 6.45) is 0. The first-order valence-corrected chi connectivity index (χ1v) is 9.96. The molecule has 1 aromatic carbocycles. The van der Waals surface area contributed by atoms with E-state index in [1.54, 1.807) is 0 Å². The maximum absolute atomic E-state index is 5.73. The van der Waals surface area contributed by atoms with Crippen LogP contribution in [0.5, 0.6) is 0 Å². The van der Waals surface area contributed by atoms with Crippen molar-refractivity contribution in [2.75, 3.05) is 0 Å². The van der Waals surface area contributed by atoms with E-state index < -0.39 is 22.0 Å². The molecule has 0 fully saturated rings. The van der Waals surface area contributed by atoms with Crippen LogP contribution in [0.1, 0.15) is 0 Å². The molecule has 4 N–H and O–H groups in total. The summed E-state index contributed by atoms with van der Waals surface area (Å²) in [5, 5.41) is 1.14. The summed E-state index contributed by atoms with van der Waals surface area (Å²) in [5.74, 6) is 0. The summed E-state index contributed by atoms with van der Waals surface area (Å²) in [6, 6.07) is 12.0. The summed E-state index contributed by atoms with van der Waals surface area (Å²) < 4.78 is 12.4. The summed E-state index contributed by atoms with van der Waals surface area (Å²) in [6.45, 7) is 0. The van der Waals surface area contributed by atoms with Gasteiger partial charge in [0.1, 0.15) is 0 Å². The molecule has 1 aromatic heterocycles. The van der Waals surface area contributed by atoms with Gasteiger partial charge in [-0.05, 0) is 0 Å². The SMILES string of the molecule is [NH2][Hf]([NH2])[c]1ccc2ccccc2n1. The monoisotopic (exact) mass is 340 g/mol. The zero-order chi connectivity index (χ0) is 9.26. The van der Waals surface area contributed by atoms with Crippen LogP contribution >= 0.6 is 0 Å². The Morgan fingerprint density at radius 3 is 2.54 bits per heavy atom. The molecule has 0 aliphatic rings. The molecule has 3 nitrogen and oxygen atoms in total.